The van der Waals surface area contributed by atoms with E-state index in [9.17, 15) is 9.59 Å². The SMILES string of the molecule is COC(=O)C(NC(=O)c1cc(-c2ccccc2)n[nH]1)c1ccc(Br)cc1. The molecule has 1 heterocycles. The minimum absolute atomic E-state index is 0.259. The van der Waals surface area contributed by atoms with Crippen molar-refractivity contribution >= 4 is 27.8 Å². The largest absolute Gasteiger partial charge is 0.467 e. The summed E-state index contributed by atoms with van der Waals surface area (Å²) in [6, 6.07) is 17.3. The summed E-state index contributed by atoms with van der Waals surface area (Å²) in [7, 11) is 1.28. The molecule has 0 fully saturated rings. The highest BCUT2D eigenvalue weighted by Crippen LogP contribution is 2.20. The van der Waals surface area contributed by atoms with Gasteiger partial charge in [0, 0.05) is 10.0 Å². The van der Waals surface area contributed by atoms with Gasteiger partial charge in [0.2, 0.25) is 0 Å². The molecular weight excluding hydrogens is 398 g/mol. The average molecular weight is 414 g/mol. The van der Waals surface area contributed by atoms with Crippen molar-refractivity contribution in [3.63, 3.8) is 0 Å². The zero-order valence-electron chi connectivity index (χ0n) is 13.9. The van der Waals surface area contributed by atoms with E-state index in [2.05, 4.69) is 31.4 Å². The van der Waals surface area contributed by atoms with E-state index in [4.69, 9.17) is 4.74 Å². The van der Waals surface area contributed by atoms with Gasteiger partial charge in [-0.15, -0.1) is 0 Å². The number of carbonyl (C=O) groups excluding carboxylic acids is 2. The van der Waals surface area contributed by atoms with Gasteiger partial charge in [-0.3, -0.25) is 9.89 Å². The molecule has 1 amide bonds. The third-order valence-corrected chi connectivity index (χ3v) is 4.34. The normalized spacial score (nSPS) is 11.6. The standard InChI is InChI=1S/C19H16BrN3O3/c1-26-19(25)17(13-7-9-14(20)10-8-13)21-18(24)16-11-15(22-23-16)12-5-3-2-4-6-12/h2-11,17H,1H3,(H,21,24)(H,22,23). The Bertz CT molecular complexity index is 907. The molecule has 1 atom stereocenters. The van der Waals surface area contributed by atoms with Crippen LogP contribution in [-0.2, 0) is 9.53 Å². The maximum Gasteiger partial charge on any atom is 0.333 e. The molecule has 2 aromatic carbocycles. The highest BCUT2D eigenvalue weighted by molar-refractivity contribution is 9.10. The third-order valence-electron chi connectivity index (χ3n) is 3.81. The van der Waals surface area contributed by atoms with Crippen LogP contribution in [0.2, 0.25) is 0 Å². The van der Waals surface area contributed by atoms with Crippen molar-refractivity contribution in [1.29, 1.82) is 0 Å². The Labute approximate surface area is 158 Å². The minimum atomic E-state index is -0.913. The number of aromatic amines is 1. The van der Waals surface area contributed by atoms with Crippen LogP contribution in [0.4, 0.5) is 0 Å². The topological polar surface area (TPSA) is 84.1 Å². The fourth-order valence-electron chi connectivity index (χ4n) is 2.46. The van der Waals surface area contributed by atoms with Crippen molar-refractivity contribution in [2.24, 2.45) is 0 Å². The Morgan fingerprint density at radius 2 is 1.81 bits per heavy atom. The summed E-state index contributed by atoms with van der Waals surface area (Å²) in [4.78, 5) is 24.7. The molecule has 0 aliphatic heterocycles. The smallest absolute Gasteiger partial charge is 0.333 e. The molecule has 0 bridgehead atoms. The fourth-order valence-corrected chi connectivity index (χ4v) is 2.72. The number of ether oxygens (including phenoxy) is 1. The summed E-state index contributed by atoms with van der Waals surface area (Å²) in [6.45, 7) is 0. The number of halogens is 1. The maximum atomic E-state index is 12.6. The van der Waals surface area contributed by atoms with E-state index in [-0.39, 0.29) is 5.69 Å². The molecule has 0 spiro atoms. The van der Waals surface area contributed by atoms with Crippen molar-refractivity contribution in [2.45, 2.75) is 6.04 Å². The Hall–Kier alpha value is -2.93. The number of rotatable bonds is 5. The van der Waals surface area contributed by atoms with Crippen LogP contribution < -0.4 is 5.32 Å². The van der Waals surface area contributed by atoms with Crippen molar-refractivity contribution in [2.75, 3.05) is 7.11 Å². The molecule has 2 N–H and O–H groups in total. The fraction of sp³-hybridized carbons (Fsp3) is 0.105. The summed E-state index contributed by atoms with van der Waals surface area (Å²) in [6.07, 6.45) is 0. The van der Waals surface area contributed by atoms with Crippen molar-refractivity contribution in [3.05, 3.63) is 76.4 Å². The number of hydrogen-bond acceptors (Lipinski definition) is 4. The Balaban J connectivity index is 1.81. The number of nitrogens with zero attached hydrogens (tertiary/aromatic N) is 1. The Morgan fingerprint density at radius 1 is 1.12 bits per heavy atom. The van der Waals surface area contributed by atoms with Crippen LogP contribution in [0.15, 0.2) is 65.1 Å². The van der Waals surface area contributed by atoms with Crippen molar-refractivity contribution < 1.29 is 14.3 Å². The van der Waals surface area contributed by atoms with Gasteiger partial charge in [0.25, 0.3) is 5.91 Å². The van der Waals surface area contributed by atoms with Crippen LogP contribution in [0.1, 0.15) is 22.1 Å². The Morgan fingerprint density at radius 3 is 2.46 bits per heavy atom. The number of amides is 1. The molecule has 3 aromatic rings. The first-order valence-corrected chi connectivity index (χ1v) is 8.63. The van der Waals surface area contributed by atoms with Crippen LogP contribution in [0.3, 0.4) is 0 Å². The molecule has 1 unspecified atom stereocenters. The molecule has 0 saturated heterocycles. The lowest BCUT2D eigenvalue weighted by atomic mass is 10.1. The van der Waals surface area contributed by atoms with E-state index in [1.54, 1.807) is 30.3 Å². The number of nitrogens with one attached hydrogen (secondary N) is 2. The lowest BCUT2D eigenvalue weighted by Gasteiger charge is -2.16. The van der Waals surface area contributed by atoms with E-state index in [1.807, 2.05) is 30.3 Å². The molecule has 0 aliphatic rings. The third kappa shape index (κ3) is 4.00. The molecule has 0 radical (unpaired) electrons. The number of H-pyrrole nitrogens is 1. The van der Waals surface area contributed by atoms with E-state index >= 15 is 0 Å². The first kappa shape index (κ1) is 17.9. The molecular formula is C19H16BrN3O3. The van der Waals surface area contributed by atoms with E-state index in [0.717, 1.165) is 10.0 Å². The predicted molar refractivity (Wildman–Crippen MR) is 100 cm³/mol. The zero-order valence-corrected chi connectivity index (χ0v) is 15.5. The molecule has 3 rings (SSSR count). The van der Waals surface area contributed by atoms with Crippen LogP contribution in [0, 0.1) is 0 Å². The van der Waals surface area contributed by atoms with Gasteiger partial charge in [-0.25, -0.2) is 4.79 Å². The predicted octanol–water partition coefficient (Wildman–Crippen LogP) is 3.48. The molecule has 1 aromatic heterocycles. The summed E-state index contributed by atoms with van der Waals surface area (Å²) in [5, 5.41) is 9.55. The highest BCUT2D eigenvalue weighted by Gasteiger charge is 2.25. The summed E-state index contributed by atoms with van der Waals surface area (Å²) in [5.41, 5.74) is 2.42. The first-order valence-electron chi connectivity index (χ1n) is 7.83. The maximum absolute atomic E-state index is 12.6. The summed E-state index contributed by atoms with van der Waals surface area (Å²) in [5.74, 6) is -0.999. The summed E-state index contributed by atoms with van der Waals surface area (Å²) >= 11 is 3.34. The monoisotopic (exact) mass is 413 g/mol. The quantitative estimate of drug-likeness (QED) is 0.627. The molecule has 7 heteroatoms. The van der Waals surface area contributed by atoms with Gasteiger partial charge in [0.15, 0.2) is 6.04 Å². The van der Waals surface area contributed by atoms with Gasteiger partial charge in [0.05, 0.1) is 12.8 Å². The van der Waals surface area contributed by atoms with Crippen LogP contribution in [0.25, 0.3) is 11.3 Å². The second kappa shape index (κ2) is 7.97. The number of benzene rings is 2. The van der Waals surface area contributed by atoms with E-state index < -0.39 is 17.9 Å². The number of aromatic nitrogens is 2. The van der Waals surface area contributed by atoms with Gasteiger partial charge in [-0.05, 0) is 23.8 Å². The van der Waals surface area contributed by atoms with Crippen LogP contribution in [0.5, 0.6) is 0 Å². The second-order valence-corrected chi connectivity index (χ2v) is 6.43. The molecule has 132 valence electrons. The lowest BCUT2D eigenvalue weighted by Crippen LogP contribution is -2.34. The van der Waals surface area contributed by atoms with Gasteiger partial charge in [-0.1, -0.05) is 58.4 Å². The molecule has 0 aliphatic carbocycles. The molecule has 6 nitrogen and oxygen atoms in total. The molecule has 0 saturated carbocycles. The zero-order chi connectivity index (χ0) is 18.5. The molecule has 26 heavy (non-hydrogen) atoms. The summed E-state index contributed by atoms with van der Waals surface area (Å²) < 4.78 is 5.69. The number of esters is 1. The van der Waals surface area contributed by atoms with Crippen LogP contribution >= 0.6 is 15.9 Å². The van der Waals surface area contributed by atoms with Crippen molar-refractivity contribution in [3.8, 4) is 11.3 Å². The Kier molecular flexibility index (Phi) is 5.48. The van der Waals surface area contributed by atoms with Crippen molar-refractivity contribution in [1.82, 2.24) is 15.5 Å². The lowest BCUT2D eigenvalue weighted by molar-refractivity contribution is -0.143. The van der Waals surface area contributed by atoms with Gasteiger partial charge < -0.3 is 10.1 Å². The van der Waals surface area contributed by atoms with E-state index in [1.165, 1.54) is 7.11 Å². The number of methoxy groups -OCH3 is 1. The first-order chi connectivity index (χ1) is 12.6. The number of carbonyl (C=O) groups is 2. The van der Waals surface area contributed by atoms with Crippen LogP contribution in [-0.4, -0.2) is 29.2 Å². The minimum Gasteiger partial charge on any atom is -0.467 e. The highest BCUT2D eigenvalue weighted by atomic mass is 79.9. The van der Waals surface area contributed by atoms with Gasteiger partial charge in [0.1, 0.15) is 5.69 Å². The second-order valence-electron chi connectivity index (χ2n) is 5.51. The van der Waals surface area contributed by atoms with E-state index in [0.29, 0.717) is 11.3 Å². The number of hydrogen-bond donors (Lipinski definition) is 2. The van der Waals surface area contributed by atoms with Gasteiger partial charge >= 0.3 is 5.97 Å². The van der Waals surface area contributed by atoms with Gasteiger partial charge in [-0.2, -0.15) is 5.10 Å². The average Bonchev–Trinajstić information content (AvgIpc) is 3.17.